The molecule has 0 radical (unpaired) electrons. The molecule has 0 heterocycles. The van der Waals surface area contributed by atoms with Crippen LogP contribution in [0.3, 0.4) is 0 Å². The van der Waals surface area contributed by atoms with E-state index >= 15 is 0 Å². The van der Waals surface area contributed by atoms with Gasteiger partial charge >= 0.3 is 12.1 Å². The lowest BCUT2D eigenvalue weighted by atomic mass is 9.50. The normalized spacial score (nSPS) is 26.3. The number of carbonyl (C=O) groups is 2. The maximum atomic E-state index is 13.7. The number of nitrogens with one attached hydrogen (secondary N) is 4. The molecule has 228 valence electrons. The summed E-state index contributed by atoms with van der Waals surface area (Å²) < 4.78 is 0. The Labute approximate surface area is 253 Å². The summed E-state index contributed by atoms with van der Waals surface area (Å²) in [5.41, 5.74) is 5.95. The maximum absolute atomic E-state index is 13.7. The van der Waals surface area contributed by atoms with Gasteiger partial charge in [0.05, 0.1) is 0 Å². The van der Waals surface area contributed by atoms with Crippen LogP contribution < -0.4 is 21.3 Å². The van der Waals surface area contributed by atoms with E-state index in [2.05, 4.69) is 113 Å². The molecule has 6 heteroatoms. The van der Waals surface area contributed by atoms with Crippen molar-refractivity contribution in [2.75, 3.05) is 10.6 Å². The highest BCUT2D eigenvalue weighted by atomic mass is 16.2. The molecule has 2 aromatic carbocycles. The van der Waals surface area contributed by atoms with E-state index in [-0.39, 0.29) is 23.1 Å². The summed E-state index contributed by atoms with van der Waals surface area (Å²) in [6.07, 6.45) is 5.91. The third kappa shape index (κ3) is 6.05. The van der Waals surface area contributed by atoms with Crippen molar-refractivity contribution in [2.45, 2.75) is 129 Å². The summed E-state index contributed by atoms with van der Waals surface area (Å²) in [6, 6.07) is 12.4. The molecular formula is C36H52N4O2. The third-order valence-electron chi connectivity index (χ3n) is 10.0. The molecule has 0 aliphatic heterocycles. The van der Waals surface area contributed by atoms with Gasteiger partial charge in [-0.1, -0.05) is 91.8 Å². The Morgan fingerprint density at radius 3 is 1.19 bits per heavy atom. The highest BCUT2D eigenvalue weighted by Crippen LogP contribution is 2.57. The molecule has 0 unspecified atom stereocenters. The van der Waals surface area contributed by atoms with E-state index in [9.17, 15) is 9.59 Å². The second-order valence-electron chi connectivity index (χ2n) is 14.9. The minimum absolute atomic E-state index is 0.126. The molecule has 6 rings (SSSR count). The Morgan fingerprint density at radius 2 is 0.905 bits per heavy atom. The molecule has 42 heavy (non-hydrogen) atoms. The van der Waals surface area contributed by atoms with Gasteiger partial charge in [0.1, 0.15) is 0 Å². The standard InChI is InChI=1S/C36H52N4O2/c1-21(2)27-11-9-12-28(22(3)4)31(27)37-33(41)39-35-16-25-15-26(17-35)19-36(18-25,20-35)40-34(42)38-32-29(23(5)6)13-10-14-30(32)24(7)8/h9-14,21-26H,15-20H2,1-8H3,(H2,37,39,41)(H2,38,40,42). The smallest absolute Gasteiger partial charge is 0.319 e. The first-order chi connectivity index (χ1) is 19.8. The highest BCUT2D eigenvalue weighted by Gasteiger charge is 2.59. The molecule has 0 aromatic heterocycles. The lowest BCUT2D eigenvalue weighted by Gasteiger charge is -2.62. The number of urea groups is 2. The van der Waals surface area contributed by atoms with E-state index in [0.29, 0.717) is 35.5 Å². The van der Waals surface area contributed by atoms with Crippen LogP contribution in [0.1, 0.15) is 140 Å². The fourth-order valence-electron chi connectivity index (χ4n) is 8.72. The Kier molecular flexibility index (Phi) is 8.39. The summed E-state index contributed by atoms with van der Waals surface area (Å²) >= 11 is 0. The minimum atomic E-state index is -0.300. The van der Waals surface area contributed by atoms with E-state index in [0.717, 1.165) is 43.5 Å². The van der Waals surface area contributed by atoms with Crippen molar-refractivity contribution in [3.05, 3.63) is 58.7 Å². The SMILES string of the molecule is CC(C)c1cccc(C(C)C)c1NC(=O)NC12CC3CC(C1)CC(NC(=O)Nc1c(C(C)C)cccc1C(C)C)(C3)C2. The van der Waals surface area contributed by atoms with Crippen LogP contribution in [0.4, 0.5) is 21.0 Å². The maximum Gasteiger partial charge on any atom is 0.319 e. The number of amides is 4. The number of rotatable bonds is 8. The molecule has 4 amide bonds. The van der Waals surface area contributed by atoms with Gasteiger partial charge in [-0.05, 0) is 96.3 Å². The van der Waals surface area contributed by atoms with Gasteiger partial charge < -0.3 is 21.3 Å². The first-order valence-corrected chi connectivity index (χ1v) is 16.2. The van der Waals surface area contributed by atoms with Gasteiger partial charge in [-0.15, -0.1) is 0 Å². The lowest BCUT2D eigenvalue weighted by Crippen LogP contribution is -2.70. The van der Waals surface area contributed by atoms with Crippen LogP contribution in [0.5, 0.6) is 0 Å². The number of carbonyl (C=O) groups excluding carboxylic acids is 2. The van der Waals surface area contributed by atoms with E-state index in [1.807, 2.05) is 0 Å². The van der Waals surface area contributed by atoms with Crippen LogP contribution in [0, 0.1) is 11.8 Å². The summed E-state index contributed by atoms with van der Waals surface area (Å²) in [7, 11) is 0. The van der Waals surface area contributed by atoms with Gasteiger partial charge in [-0.3, -0.25) is 0 Å². The van der Waals surface area contributed by atoms with E-state index in [4.69, 9.17) is 0 Å². The number of benzene rings is 2. The predicted octanol–water partition coefficient (Wildman–Crippen LogP) is 9.21. The average molecular weight is 573 g/mol. The molecular weight excluding hydrogens is 520 g/mol. The summed E-state index contributed by atoms with van der Waals surface area (Å²) in [4.78, 5) is 27.4. The molecule has 0 atom stereocenters. The summed E-state index contributed by atoms with van der Waals surface area (Å²) in [6.45, 7) is 17.4. The molecule has 4 aliphatic carbocycles. The number of hydrogen-bond acceptors (Lipinski definition) is 2. The molecule has 4 fully saturated rings. The fourth-order valence-corrected chi connectivity index (χ4v) is 8.72. The lowest BCUT2D eigenvalue weighted by molar-refractivity contribution is -0.0400. The van der Waals surface area contributed by atoms with Crippen molar-refractivity contribution in [3.63, 3.8) is 0 Å². The largest absolute Gasteiger partial charge is 0.332 e. The second kappa shape index (κ2) is 11.6. The fraction of sp³-hybridized carbons (Fsp3) is 0.611. The summed E-state index contributed by atoms with van der Waals surface area (Å²) in [5.74, 6) is 2.25. The zero-order valence-corrected chi connectivity index (χ0v) is 27.0. The zero-order chi connectivity index (χ0) is 30.4. The number of para-hydroxylation sites is 2. The molecule has 4 N–H and O–H groups in total. The first kappa shape index (κ1) is 30.4. The average Bonchev–Trinajstić information content (AvgIpc) is 2.86. The van der Waals surface area contributed by atoms with Gasteiger partial charge in [-0.25, -0.2) is 9.59 Å². The number of anilines is 2. The third-order valence-corrected chi connectivity index (χ3v) is 10.0. The molecule has 4 bridgehead atoms. The summed E-state index contributed by atoms with van der Waals surface area (Å²) in [5, 5.41) is 13.5. The molecule has 0 spiro atoms. The molecule has 0 saturated heterocycles. The van der Waals surface area contributed by atoms with E-state index in [1.54, 1.807) is 0 Å². The van der Waals surface area contributed by atoms with Crippen molar-refractivity contribution in [2.24, 2.45) is 11.8 Å². The van der Waals surface area contributed by atoms with Gasteiger partial charge in [0, 0.05) is 22.5 Å². The van der Waals surface area contributed by atoms with Crippen molar-refractivity contribution in [3.8, 4) is 0 Å². The Bertz CT molecular complexity index is 1160. The molecule has 4 aliphatic rings. The van der Waals surface area contributed by atoms with Crippen molar-refractivity contribution in [1.82, 2.24) is 10.6 Å². The minimum Gasteiger partial charge on any atom is -0.332 e. The highest BCUT2D eigenvalue weighted by molar-refractivity contribution is 5.93. The van der Waals surface area contributed by atoms with Crippen LogP contribution in [0.25, 0.3) is 0 Å². The first-order valence-electron chi connectivity index (χ1n) is 16.2. The van der Waals surface area contributed by atoms with Crippen molar-refractivity contribution < 1.29 is 9.59 Å². The van der Waals surface area contributed by atoms with Crippen molar-refractivity contribution >= 4 is 23.4 Å². The van der Waals surface area contributed by atoms with Crippen LogP contribution in [-0.4, -0.2) is 23.1 Å². The predicted molar refractivity (Wildman–Crippen MR) is 174 cm³/mol. The van der Waals surface area contributed by atoms with Gasteiger partial charge in [0.2, 0.25) is 0 Å². The Balaban J connectivity index is 1.35. The van der Waals surface area contributed by atoms with Crippen LogP contribution in [-0.2, 0) is 0 Å². The van der Waals surface area contributed by atoms with Gasteiger partial charge in [0.15, 0.2) is 0 Å². The zero-order valence-electron chi connectivity index (χ0n) is 27.0. The van der Waals surface area contributed by atoms with Crippen LogP contribution >= 0.6 is 0 Å². The van der Waals surface area contributed by atoms with E-state index < -0.39 is 0 Å². The van der Waals surface area contributed by atoms with E-state index in [1.165, 1.54) is 28.7 Å². The number of hydrogen-bond donors (Lipinski definition) is 4. The molecule has 4 saturated carbocycles. The van der Waals surface area contributed by atoms with Gasteiger partial charge in [0.25, 0.3) is 0 Å². The quantitative estimate of drug-likeness (QED) is 0.254. The van der Waals surface area contributed by atoms with Crippen molar-refractivity contribution in [1.29, 1.82) is 0 Å². The Hall–Kier alpha value is -3.02. The van der Waals surface area contributed by atoms with Gasteiger partial charge in [-0.2, -0.15) is 0 Å². The van der Waals surface area contributed by atoms with Crippen LogP contribution in [0.15, 0.2) is 36.4 Å². The van der Waals surface area contributed by atoms with Crippen LogP contribution in [0.2, 0.25) is 0 Å². The second-order valence-corrected chi connectivity index (χ2v) is 14.9. The molecule has 6 nitrogen and oxygen atoms in total. The topological polar surface area (TPSA) is 82.3 Å². The monoisotopic (exact) mass is 572 g/mol. The molecule has 2 aromatic rings. The Morgan fingerprint density at radius 1 is 0.595 bits per heavy atom.